The van der Waals surface area contributed by atoms with E-state index in [0.29, 0.717) is 22.6 Å². The molecule has 0 aromatic carbocycles. The second-order valence-electron chi connectivity index (χ2n) is 4.04. The van der Waals surface area contributed by atoms with Gasteiger partial charge in [0.15, 0.2) is 0 Å². The van der Waals surface area contributed by atoms with E-state index in [9.17, 15) is 0 Å². The van der Waals surface area contributed by atoms with Gasteiger partial charge < -0.3 is 10.1 Å². The van der Waals surface area contributed by atoms with Gasteiger partial charge in [-0.2, -0.15) is 4.98 Å². The van der Waals surface area contributed by atoms with E-state index in [2.05, 4.69) is 27.2 Å². The highest BCUT2D eigenvalue weighted by molar-refractivity contribution is 6.30. The van der Waals surface area contributed by atoms with Crippen LogP contribution in [0.1, 0.15) is 19.0 Å². The highest BCUT2D eigenvalue weighted by Crippen LogP contribution is 2.22. The fourth-order valence-corrected chi connectivity index (χ4v) is 1.64. The Morgan fingerprint density at radius 3 is 2.84 bits per heavy atom. The van der Waals surface area contributed by atoms with E-state index in [4.69, 9.17) is 16.3 Å². The van der Waals surface area contributed by atoms with Crippen molar-refractivity contribution < 1.29 is 4.74 Å². The minimum Gasteiger partial charge on any atom is -0.437 e. The van der Waals surface area contributed by atoms with Crippen LogP contribution in [0.3, 0.4) is 0 Å². The summed E-state index contributed by atoms with van der Waals surface area (Å²) >= 11 is 5.85. The van der Waals surface area contributed by atoms with Gasteiger partial charge in [-0.15, -0.1) is 0 Å². The van der Waals surface area contributed by atoms with Crippen LogP contribution in [-0.4, -0.2) is 21.5 Å². The zero-order valence-corrected chi connectivity index (χ0v) is 11.6. The number of nitrogens with one attached hydrogen (secondary N) is 1. The number of pyridine rings is 1. The summed E-state index contributed by atoms with van der Waals surface area (Å²) in [6.07, 6.45) is 4.14. The number of nitrogens with zero attached hydrogens (tertiary/aromatic N) is 3. The molecular formula is C13H15ClN4O. The van der Waals surface area contributed by atoms with Gasteiger partial charge in [0.1, 0.15) is 5.75 Å². The molecule has 0 aliphatic carbocycles. The maximum absolute atomic E-state index is 5.85. The van der Waals surface area contributed by atoms with Gasteiger partial charge in [0.2, 0.25) is 11.8 Å². The van der Waals surface area contributed by atoms with Crippen molar-refractivity contribution in [3.05, 3.63) is 35.2 Å². The molecule has 0 aliphatic heterocycles. The minimum atomic E-state index is 0.468. The molecule has 0 fully saturated rings. The summed E-state index contributed by atoms with van der Waals surface area (Å²) in [5.41, 5.74) is 0.832. The van der Waals surface area contributed by atoms with Crippen molar-refractivity contribution in [3.63, 3.8) is 0 Å². The Balaban J connectivity index is 2.17. The minimum absolute atomic E-state index is 0.468. The van der Waals surface area contributed by atoms with Crippen LogP contribution in [0.5, 0.6) is 11.6 Å². The fourth-order valence-electron chi connectivity index (χ4n) is 1.48. The van der Waals surface area contributed by atoms with Crippen molar-refractivity contribution >= 4 is 17.5 Å². The zero-order chi connectivity index (χ0) is 13.7. The SMILES string of the molecule is CCCNc1nc(C)cc(Oc2cncc(Cl)c2)n1. The topological polar surface area (TPSA) is 59.9 Å². The van der Waals surface area contributed by atoms with Crippen molar-refractivity contribution in [2.45, 2.75) is 20.3 Å². The normalized spacial score (nSPS) is 10.3. The monoisotopic (exact) mass is 278 g/mol. The lowest BCUT2D eigenvalue weighted by Crippen LogP contribution is -2.05. The molecule has 0 aliphatic rings. The Bertz CT molecular complexity index is 562. The van der Waals surface area contributed by atoms with E-state index in [-0.39, 0.29) is 0 Å². The summed E-state index contributed by atoms with van der Waals surface area (Å²) in [6.45, 7) is 4.79. The third-order valence-corrected chi connectivity index (χ3v) is 2.47. The van der Waals surface area contributed by atoms with Crippen molar-refractivity contribution in [2.75, 3.05) is 11.9 Å². The van der Waals surface area contributed by atoms with Crippen molar-refractivity contribution in [1.29, 1.82) is 0 Å². The van der Waals surface area contributed by atoms with E-state index in [0.717, 1.165) is 18.7 Å². The lowest BCUT2D eigenvalue weighted by Gasteiger charge is -2.08. The van der Waals surface area contributed by atoms with Crippen LogP contribution in [0.2, 0.25) is 5.02 Å². The Morgan fingerprint density at radius 1 is 1.26 bits per heavy atom. The molecule has 0 atom stereocenters. The maximum Gasteiger partial charge on any atom is 0.226 e. The molecule has 0 bridgehead atoms. The highest BCUT2D eigenvalue weighted by atomic mass is 35.5. The highest BCUT2D eigenvalue weighted by Gasteiger charge is 2.05. The van der Waals surface area contributed by atoms with Gasteiger partial charge in [-0.3, -0.25) is 4.98 Å². The first kappa shape index (κ1) is 13.5. The average molecular weight is 279 g/mol. The molecule has 6 heteroatoms. The number of rotatable bonds is 5. The molecule has 2 rings (SSSR count). The van der Waals surface area contributed by atoms with Crippen LogP contribution in [-0.2, 0) is 0 Å². The maximum atomic E-state index is 5.85. The number of halogens is 1. The largest absolute Gasteiger partial charge is 0.437 e. The molecule has 0 saturated heterocycles. The van der Waals surface area contributed by atoms with Crippen molar-refractivity contribution in [3.8, 4) is 11.6 Å². The second-order valence-corrected chi connectivity index (χ2v) is 4.48. The first-order chi connectivity index (χ1) is 9.17. The molecule has 5 nitrogen and oxygen atoms in total. The third kappa shape index (κ3) is 4.06. The lowest BCUT2D eigenvalue weighted by molar-refractivity contribution is 0.459. The van der Waals surface area contributed by atoms with E-state index in [1.807, 2.05) is 6.92 Å². The van der Waals surface area contributed by atoms with E-state index in [1.165, 1.54) is 0 Å². The molecule has 0 saturated carbocycles. The number of aryl methyl sites for hydroxylation is 1. The predicted octanol–water partition coefficient (Wildman–Crippen LogP) is 3.45. The first-order valence-corrected chi connectivity index (χ1v) is 6.43. The molecule has 100 valence electrons. The summed E-state index contributed by atoms with van der Waals surface area (Å²) in [6, 6.07) is 3.45. The molecule has 0 spiro atoms. The zero-order valence-electron chi connectivity index (χ0n) is 10.9. The van der Waals surface area contributed by atoms with Gasteiger partial charge in [-0.25, -0.2) is 4.98 Å². The van der Waals surface area contributed by atoms with E-state index in [1.54, 1.807) is 24.5 Å². The molecule has 2 aromatic heterocycles. The van der Waals surface area contributed by atoms with Crippen LogP contribution in [0, 0.1) is 6.92 Å². The summed E-state index contributed by atoms with van der Waals surface area (Å²) in [5.74, 6) is 1.58. The van der Waals surface area contributed by atoms with E-state index < -0.39 is 0 Å². The van der Waals surface area contributed by atoms with E-state index >= 15 is 0 Å². The van der Waals surface area contributed by atoms with Crippen LogP contribution >= 0.6 is 11.6 Å². The number of ether oxygens (including phenoxy) is 1. The Hall–Kier alpha value is -1.88. The number of anilines is 1. The third-order valence-electron chi connectivity index (χ3n) is 2.27. The molecule has 0 unspecified atom stereocenters. The smallest absolute Gasteiger partial charge is 0.226 e. The van der Waals surface area contributed by atoms with Crippen molar-refractivity contribution in [2.24, 2.45) is 0 Å². The molecule has 2 aromatic rings. The Kier molecular flexibility index (Phi) is 4.52. The summed E-state index contributed by atoms with van der Waals surface area (Å²) < 4.78 is 5.62. The number of hydrogen-bond donors (Lipinski definition) is 1. The molecule has 19 heavy (non-hydrogen) atoms. The summed E-state index contributed by atoms with van der Waals surface area (Å²) in [7, 11) is 0. The number of aromatic nitrogens is 3. The first-order valence-electron chi connectivity index (χ1n) is 6.05. The molecule has 1 N–H and O–H groups in total. The van der Waals surface area contributed by atoms with Gasteiger partial charge in [0.25, 0.3) is 0 Å². The summed E-state index contributed by atoms with van der Waals surface area (Å²) in [4.78, 5) is 12.5. The molecule has 2 heterocycles. The van der Waals surface area contributed by atoms with Crippen LogP contribution in [0.15, 0.2) is 24.5 Å². The molecule has 0 amide bonds. The van der Waals surface area contributed by atoms with Gasteiger partial charge in [-0.1, -0.05) is 18.5 Å². The molecule has 0 radical (unpaired) electrons. The van der Waals surface area contributed by atoms with Crippen LogP contribution < -0.4 is 10.1 Å². The summed E-state index contributed by atoms with van der Waals surface area (Å²) in [5, 5.41) is 3.65. The molecular weight excluding hydrogens is 264 g/mol. The lowest BCUT2D eigenvalue weighted by atomic mass is 10.4. The standard InChI is InChI=1S/C13H15ClN4O/c1-3-4-16-13-17-9(2)5-12(18-13)19-11-6-10(14)7-15-8-11/h5-8H,3-4H2,1-2H3,(H,16,17,18). The van der Waals surface area contributed by atoms with Crippen LogP contribution in [0.25, 0.3) is 0 Å². The fraction of sp³-hybridized carbons (Fsp3) is 0.308. The second kappa shape index (κ2) is 6.33. The number of hydrogen-bond acceptors (Lipinski definition) is 5. The quantitative estimate of drug-likeness (QED) is 0.908. The van der Waals surface area contributed by atoms with Gasteiger partial charge >= 0.3 is 0 Å². The average Bonchev–Trinajstić information content (AvgIpc) is 2.35. The van der Waals surface area contributed by atoms with Gasteiger partial charge in [0, 0.05) is 30.6 Å². The van der Waals surface area contributed by atoms with Gasteiger partial charge in [-0.05, 0) is 13.3 Å². The van der Waals surface area contributed by atoms with Crippen LogP contribution in [0.4, 0.5) is 5.95 Å². The predicted molar refractivity (Wildman–Crippen MR) is 74.9 cm³/mol. The Labute approximate surface area is 117 Å². The van der Waals surface area contributed by atoms with Crippen molar-refractivity contribution in [1.82, 2.24) is 15.0 Å². The van der Waals surface area contributed by atoms with Gasteiger partial charge in [0.05, 0.1) is 11.2 Å². The Morgan fingerprint density at radius 2 is 2.11 bits per heavy atom.